The molecule has 0 unspecified atom stereocenters. The van der Waals surface area contributed by atoms with Crippen LogP contribution in [0.15, 0.2) is 49.1 Å². The molecule has 0 saturated heterocycles. The maximum Gasteiger partial charge on any atom is 0.451 e. The number of benzene rings is 1. The number of rotatable bonds is 4. The monoisotopic (exact) mass is 468 g/mol. The third-order valence-corrected chi connectivity index (χ3v) is 5.61. The number of halogens is 3. The van der Waals surface area contributed by atoms with E-state index in [-0.39, 0.29) is 5.82 Å². The Morgan fingerprint density at radius 3 is 2.53 bits per heavy atom. The number of hydrogen-bond acceptors (Lipinski definition) is 6. The number of nitrogens with two attached hydrogens (primary N) is 1. The van der Waals surface area contributed by atoms with Crippen LogP contribution in [0, 0.1) is 6.92 Å². The number of fused-ring (bicyclic) bond motifs is 1. The molecule has 3 aromatic heterocycles. The highest BCUT2D eigenvalue weighted by molar-refractivity contribution is 5.99. The van der Waals surface area contributed by atoms with E-state index in [1.807, 2.05) is 25.3 Å². The fraction of sp³-hybridized carbons (Fsp3) is 0.227. The Morgan fingerprint density at radius 2 is 1.85 bits per heavy atom. The molecule has 5 rings (SSSR count). The maximum absolute atomic E-state index is 12.8. The Bertz CT molecular complexity index is 1390. The van der Waals surface area contributed by atoms with Crippen LogP contribution in [0.5, 0.6) is 0 Å². The highest BCUT2D eigenvalue weighted by Gasteiger charge is 2.43. The summed E-state index contributed by atoms with van der Waals surface area (Å²) < 4.78 is 40.0. The molecule has 3 heterocycles. The molecule has 1 saturated carbocycles. The van der Waals surface area contributed by atoms with E-state index in [9.17, 15) is 18.0 Å². The lowest BCUT2D eigenvalue weighted by Gasteiger charge is -2.12. The van der Waals surface area contributed by atoms with Crippen molar-refractivity contribution >= 4 is 23.1 Å². The van der Waals surface area contributed by atoms with Crippen LogP contribution in [0.1, 0.15) is 29.9 Å². The van der Waals surface area contributed by atoms with Gasteiger partial charge in [-0.1, -0.05) is 12.1 Å². The Labute approximate surface area is 191 Å². The molecule has 0 spiro atoms. The number of carbonyl (C=O) groups excluding carboxylic acids is 1. The van der Waals surface area contributed by atoms with E-state index in [0.29, 0.717) is 5.69 Å². The number of nitrogens with one attached hydrogen (secondary N) is 2. The van der Waals surface area contributed by atoms with Crippen LogP contribution >= 0.6 is 0 Å². The number of aryl methyl sites for hydroxylation is 1. The van der Waals surface area contributed by atoms with Crippen molar-refractivity contribution in [2.45, 2.75) is 31.5 Å². The first-order valence-corrected chi connectivity index (χ1v) is 10.3. The van der Waals surface area contributed by atoms with Crippen LogP contribution in [0.25, 0.3) is 16.6 Å². The third-order valence-electron chi connectivity index (χ3n) is 5.61. The molecule has 0 bridgehead atoms. The fourth-order valence-electron chi connectivity index (χ4n) is 3.80. The lowest BCUT2D eigenvalue weighted by molar-refractivity contribution is -0.144. The van der Waals surface area contributed by atoms with Gasteiger partial charge < -0.3 is 11.1 Å². The second-order valence-electron chi connectivity index (χ2n) is 8.16. The number of anilines is 2. The summed E-state index contributed by atoms with van der Waals surface area (Å²) >= 11 is 0. The van der Waals surface area contributed by atoms with Gasteiger partial charge >= 0.3 is 12.2 Å². The lowest BCUT2D eigenvalue weighted by atomic mass is 10.00. The van der Waals surface area contributed by atoms with Crippen molar-refractivity contribution in [3.8, 4) is 11.1 Å². The summed E-state index contributed by atoms with van der Waals surface area (Å²) in [5, 5.41) is 9.16. The molecule has 1 aliphatic rings. The molecule has 12 heteroatoms. The molecule has 1 aromatic carbocycles. The van der Waals surface area contributed by atoms with Crippen LogP contribution in [0.4, 0.5) is 29.5 Å². The van der Waals surface area contributed by atoms with Gasteiger partial charge in [0.15, 0.2) is 0 Å². The molecule has 1 fully saturated rings. The van der Waals surface area contributed by atoms with Crippen molar-refractivity contribution in [3.05, 3.63) is 66.1 Å². The van der Waals surface area contributed by atoms with Crippen LogP contribution < -0.4 is 16.4 Å². The number of aromatic nitrogens is 5. The number of amides is 2. The molecular formula is C22H19F3N8O. The minimum Gasteiger partial charge on any atom is -0.320 e. The van der Waals surface area contributed by atoms with Crippen LogP contribution in [0.3, 0.4) is 0 Å². The first kappa shape index (κ1) is 21.8. The van der Waals surface area contributed by atoms with Gasteiger partial charge in [0.1, 0.15) is 12.1 Å². The molecule has 9 nitrogen and oxygen atoms in total. The molecule has 0 aliphatic heterocycles. The van der Waals surface area contributed by atoms with E-state index in [0.717, 1.165) is 46.9 Å². The summed E-state index contributed by atoms with van der Waals surface area (Å²) in [4.78, 5) is 23.2. The van der Waals surface area contributed by atoms with Crippen molar-refractivity contribution in [1.82, 2.24) is 24.6 Å². The molecule has 1 aliphatic carbocycles. The standard InChI is InChI=1S/C22H19F3N8O/c1-12-10-33-17(18(28-11-29-33)21(26)7-8-21)16(12)13-2-4-14(5-3-13)30-20(34)32-15-6-9-27-19(31-15)22(23,24)25/h2-6,9-11H,7-8,26H2,1H3,(H2,27,30,31,32,34). The number of nitrogens with zero attached hydrogens (tertiary/aromatic N) is 5. The molecule has 2 amide bonds. The molecule has 4 aromatic rings. The summed E-state index contributed by atoms with van der Waals surface area (Å²) in [5.74, 6) is -1.60. The van der Waals surface area contributed by atoms with Gasteiger partial charge in [0, 0.05) is 23.6 Å². The van der Waals surface area contributed by atoms with Gasteiger partial charge in [-0.3, -0.25) is 5.32 Å². The summed E-state index contributed by atoms with van der Waals surface area (Å²) in [6.07, 6.45) is 1.35. The number of hydrogen-bond donors (Lipinski definition) is 3. The topological polar surface area (TPSA) is 123 Å². The first-order chi connectivity index (χ1) is 16.1. The average molecular weight is 468 g/mol. The van der Waals surface area contributed by atoms with Gasteiger partial charge in [-0.15, -0.1) is 0 Å². The van der Waals surface area contributed by atoms with Gasteiger partial charge in [0.2, 0.25) is 5.82 Å². The zero-order valence-corrected chi connectivity index (χ0v) is 17.9. The van der Waals surface area contributed by atoms with Crippen LogP contribution in [-0.4, -0.2) is 30.6 Å². The highest BCUT2D eigenvalue weighted by atomic mass is 19.4. The van der Waals surface area contributed by atoms with E-state index >= 15 is 0 Å². The average Bonchev–Trinajstić information content (AvgIpc) is 3.44. The Balaban J connectivity index is 1.37. The maximum atomic E-state index is 12.8. The normalized spacial score (nSPS) is 14.7. The van der Waals surface area contributed by atoms with Crippen LogP contribution in [0.2, 0.25) is 0 Å². The zero-order chi connectivity index (χ0) is 24.1. The summed E-state index contributed by atoms with van der Waals surface area (Å²) in [6, 6.07) is 7.48. The molecule has 4 N–H and O–H groups in total. The van der Waals surface area contributed by atoms with Gasteiger partial charge in [-0.2, -0.15) is 18.3 Å². The quantitative estimate of drug-likeness (QED) is 0.414. The van der Waals surface area contributed by atoms with Crippen molar-refractivity contribution in [2.75, 3.05) is 10.6 Å². The van der Waals surface area contributed by atoms with Crippen molar-refractivity contribution in [1.29, 1.82) is 0 Å². The van der Waals surface area contributed by atoms with Gasteiger partial charge in [-0.25, -0.2) is 24.3 Å². The SMILES string of the molecule is Cc1cn2ncnc(C3(N)CC3)c2c1-c1ccc(NC(=O)Nc2ccnc(C(F)(F)F)n2)cc1. The number of carbonyl (C=O) groups is 1. The third kappa shape index (κ3) is 4.03. The summed E-state index contributed by atoms with van der Waals surface area (Å²) in [7, 11) is 0. The Morgan fingerprint density at radius 1 is 1.12 bits per heavy atom. The molecule has 0 radical (unpaired) electrons. The Hall–Kier alpha value is -4.06. The second-order valence-corrected chi connectivity index (χ2v) is 8.16. The largest absolute Gasteiger partial charge is 0.451 e. The van der Waals surface area contributed by atoms with Crippen molar-refractivity contribution in [3.63, 3.8) is 0 Å². The van der Waals surface area contributed by atoms with Gasteiger partial charge in [0.25, 0.3) is 0 Å². The zero-order valence-electron chi connectivity index (χ0n) is 17.9. The molecule has 34 heavy (non-hydrogen) atoms. The predicted molar refractivity (Wildman–Crippen MR) is 118 cm³/mol. The molecule has 174 valence electrons. The number of alkyl halides is 3. The highest BCUT2D eigenvalue weighted by Crippen LogP contribution is 2.45. The van der Waals surface area contributed by atoms with Crippen molar-refractivity contribution in [2.24, 2.45) is 5.73 Å². The Kier molecular flexibility index (Phi) is 4.97. The van der Waals surface area contributed by atoms with Gasteiger partial charge in [-0.05, 0) is 49.1 Å². The fourth-order valence-corrected chi connectivity index (χ4v) is 3.80. The molecular weight excluding hydrogens is 449 g/mol. The summed E-state index contributed by atoms with van der Waals surface area (Å²) in [6.45, 7) is 1.97. The smallest absolute Gasteiger partial charge is 0.320 e. The van der Waals surface area contributed by atoms with Crippen LogP contribution in [-0.2, 0) is 11.7 Å². The minimum absolute atomic E-state index is 0.268. The lowest BCUT2D eigenvalue weighted by Crippen LogP contribution is -2.22. The van der Waals surface area contributed by atoms with E-state index in [1.165, 1.54) is 12.4 Å². The van der Waals surface area contributed by atoms with E-state index in [1.54, 1.807) is 16.6 Å². The summed E-state index contributed by atoms with van der Waals surface area (Å²) in [5.41, 5.74) is 10.9. The van der Waals surface area contributed by atoms with E-state index in [4.69, 9.17) is 5.73 Å². The number of urea groups is 1. The van der Waals surface area contributed by atoms with E-state index < -0.39 is 23.6 Å². The minimum atomic E-state index is -4.71. The first-order valence-electron chi connectivity index (χ1n) is 10.3. The van der Waals surface area contributed by atoms with Gasteiger partial charge in [0.05, 0.1) is 16.7 Å². The second kappa shape index (κ2) is 7.76. The molecule has 0 atom stereocenters. The van der Waals surface area contributed by atoms with Crippen molar-refractivity contribution < 1.29 is 18.0 Å². The van der Waals surface area contributed by atoms with E-state index in [2.05, 4.69) is 30.7 Å². The predicted octanol–water partition coefficient (Wildman–Crippen LogP) is 4.11.